The van der Waals surface area contributed by atoms with E-state index in [0.29, 0.717) is 17.7 Å². The summed E-state index contributed by atoms with van der Waals surface area (Å²) in [6.45, 7) is 0. The molecule has 1 atom stereocenters. The number of halogens is 3. The van der Waals surface area contributed by atoms with E-state index in [-0.39, 0.29) is 6.42 Å². The number of aromatic nitrogens is 1. The minimum absolute atomic E-state index is 0.167. The average Bonchev–Trinajstić information content (AvgIpc) is 2.39. The maximum absolute atomic E-state index is 12.6. The zero-order chi connectivity index (χ0) is 14.6. The van der Waals surface area contributed by atoms with E-state index >= 15 is 0 Å². The molecule has 0 bridgehead atoms. The number of alkyl halides is 3. The maximum Gasteiger partial charge on any atom is 0.416 e. The van der Waals surface area contributed by atoms with Crippen molar-refractivity contribution < 1.29 is 18.3 Å². The first-order valence-corrected chi connectivity index (χ1v) is 6.19. The normalized spacial score (nSPS) is 13.2. The van der Waals surface area contributed by atoms with Gasteiger partial charge in [-0.15, -0.1) is 0 Å². The summed E-state index contributed by atoms with van der Waals surface area (Å²) in [5, 5.41) is 9.93. The minimum Gasteiger partial charge on any atom is -0.392 e. The summed E-state index contributed by atoms with van der Waals surface area (Å²) >= 11 is 0. The molecule has 1 N–H and O–H groups in total. The second-order valence-electron chi connectivity index (χ2n) is 4.58. The van der Waals surface area contributed by atoms with E-state index in [9.17, 15) is 18.3 Å². The van der Waals surface area contributed by atoms with E-state index in [2.05, 4.69) is 4.98 Å². The van der Waals surface area contributed by atoms with Crippen LogP contribution in [0.15, 0.2) is 48.7 Å². The number of hydrogen-bond acceptors (Lipinski definition) is 2. The van der Waals surface area contributed by atoms with Crippen LogP contribution in [-0.2, 0) is 19.0 Å². The van der Waals surface area contributed by atoms with Crippen molar-refractivity contribution in [3.63, 3.8) is 0 Å². The number of pyridine rings is 1. The molecule has 1 aromatic carbocycles. The predicted molar refractivity (Wildman–Crippen MR) is 69.1 cm³/mol. The Morgan fingerprint density at radius 2 is 1.85 bits per heavy atom. The fourth-order valence-corrected chi connectivity index (χ4v) is 1.98. The lowest BCUT2D eigenvalue weighted by Gasteiger charge is -2.12. The first kappa shape index (κ1) is 14.5. The monoisotopic (exact) mass is 281 g/mol. The summed E-state index contributed by atoms with van der Waals surface area (Å²) in [4.78, 5) is 4.08. The number of benzene rings is 1. The van der Waals surface area contributed by atoms with Gasteiger partial charge in [-0.3, -0.25) is 4.98 Å². The lowest BCUT2D eigenvalue weighted by atomic mass is 10.0. The quantitative estimate of drug-likeness (QED) is 0.933. The Hall–Kier alpha value is -1.88. The third-order valence-electron chi connectivity index (χ3n) is 2.90. The summed E-state index contributed by atoms with van der Waals surface area (Å²) in [6.07, 6.45) is -3.01. The highest BCUT2D eigenvalue weighted by atomic mass is 19.4. The molecule has 5 heteroatoms. The molecular formula is C15H14F3NO. The van der Waals surface area contributed by atoms with Crippen molar-refractivity contribution in [2.45, 2.75) is 25.1 Å². The van der Waals surface area contributed by atoms with Crippen molar-refractivity contribution in [3.8, 4) is 0 Å². The topological polar surface area (TPSA) is 33.1 Å². The molecule has 106 valence electrons. The van der Waals surface area contributed by atoms with Crippen LogP contribution in [0.25, 0.3) is 0 Å². The third kappa shape index (κ3) is 4.06. The number of aliphatic hydroxyl groups is 1. The summed E-state index contributed by atoms with van der Waals surface area (Å²) in [6, 6.07) is 10.4. The zero-order valence-electron chi connectivity index (χ0n) is 10.6. The Labute approximate surface area is 114 Å². The standard InChI is InChI=1S/C15H14F3NO/c16-15(17,18)12-5-3-4-11(8-12)9-14(20)10-13-6-1-2-7-19-13/h1-8,14,20H,9-10H2. The highest BCUT2D eigenvalue weighted by molar-refractivity contribution is 5.26. The van der Waals surface area contributed by atoms with E-state index in [0.717, 1.165) is 12.1 Å². The molecule has 2 aromatic rings. The van der Waals surface area contributed by atoms with Gasteiger partial charge in [0.05, 0.1) is 11.7 Å². The Balaban J connectivity index is 2.03. The summed E-state index contributed by atoms with van der Waals surface area (Å²) in [7, 11) is 0. The highest BCUT2D eigenvalue weighted by Crippen LogP contribution is 2.29. The second kappa shape index (κ2) is 6.05. The Kier molecular flexibility index (Phi) is 4.39. The van der Waals surface area contributed by atoms with Gasteiger partial charge in [0.25, 0.3) is 0 Å². The number of hydrogen-bond donors (Lipinski definition) is 1. The van der Waals surface area contributed by atoms with E-state index in [4.69, 9.17) is 0 Å². The number of rotatable bonds is 4. The zero-order valence-corrected chi connectivity index (χ0v) is 10.6. The Morgan fingerprint density at radius 1 is 1.05 bits per heavy atom. The van der Waals surface area contributed by atoms with Gasteiger partial charge in [0, 0.05) is 18.3 Å². The molecule has 1 aromatic heterocycles. The number of nitrogens with zero attached hydrogens (tertiary/aromatic N) is 1. The molecule has 0 aliphatic rings. The van der Waals surface area contributed by atoms with Gasteiger partial charge in [-0.2, -0.15) is 13.2 Å². The van der Waals surface area contributed by atoms with Crippen molar-refractivity contribution in [3.05, 3.63) is 65.5 Å². The molecule has 1 unspecified atom stereocenters. The van der Waals surface area contributed by atoms with Crippen molar-refractivity contribution in [2.75, 3.05) is 0 Å². The molecule has 20 heavy (non-hydrogen) atoms. The summed E-state index contributed by atoms with van der Waals surface area (Å²) in [5.74, 6) is 0. The van der Waals surface area contributed by atoms with Crippen LogP contribution in [0, 0.1) is 0 Å². The molecular weight excluding hydrogens is 267 g/mol. The van der Waals surface area contributed by atoms with E-state index in [1.807, 2.05) is 0 Å². The van der Waals surface area contributed by atoms with Crippen molar-refractivity contribution in [2.24, 2.45) is 0 Å². The number of aliphatic hydroxyl groups excluding tert-OH is 1. The fraction of sp³-hybridized carbons (Fsp3) is 0.267. The van der Waals surface area contributed by atoms with Crippen molar-refractivity contribution in [1.82, 2.24) is 4.98 Å². The van der Waals surface area contributed by atoms with Crippen LogP contribution in [0.4, 0.5) is 13.2 Å². The van der Waals surface area contributed by atoms with Gasteiger partial charge < -0.3 is 5.11 Å². The van der Waals surface area contributed by atoms with Crippen LogP contribution in [0.1, 0.15) is 16.8 Å². The van der Waals surface area contributed by atoms with Gasteiger partial charge in [0.2, 0.25) is 0 Å². The largest absolute Gasteiger partial charge is 0.416 e. The van der Waals surface area contributed by atoms with E-state index in [1.165, 1.54) is 6.07 Å². The fourth-order valence-electron chi connectivity index (χ4n) is 1.98. The second-order valence-corrected chi connectivity index (χ2v) is 4.58. The molecule has 1 heterocycles. The van der Waals surface area contributed by atoms with Crippen molar-refractivity contribution >= 4 is 0 Å². The first-order chi connectivity index (χ1) is 9.45. The molecule has 0 spiro atoms. The van der Waals surface area contributed by atoms with Crippen LogP contribution in [0.3, 0.4) is 0 Å². The van der Waals surface area contributed by atoms with Gasteiger partial charge in [0.1, 0.15) is 0 Å². The molecule has 0 saturated heterocycles. The van der Waals surface area contributed by atoms with Crippen LogP contribution >= 0.6 is 0 Å². The Bertz CT molecular complexity index is 555. The lowest BCUT2D eigenvalue weighted by Crippen LogP contribution is -2.15. The molecule has 0 aliphatic carbocycles. The van der Waals surface area contributed by atoms with Crippen LogP contribution in [0.5, 0.6) is 0 Å². The van der Waals surface area contributed by atoms with Crippen LogP contribution in [0.2, 0.25) is 0 Å². The molecule has 0 saturated carbocycles. The van der Waals surface area contributed by atoms with Gasteiger partial charge in [-0.1, -0.05) is 24.3 Å². The van der Waals surface area contributed by atoms with Crippen LogP contribution < -0.4 is 0 Å². The van der Waals surface area contributed by atoms with Gasteiger partial charge in [-0.25, -0.2) is 0 Å². The minimum atomic E-state index is -4.36. The van der Waals surface area contributed by atoms with Gasteiger partial charge >= 0.3 is 6.18 Å². The van der Waals surface area contributed by atoms with Gasteiger partial charge in [0.15, 0.2) is 0 Å². The Morgan fingerprint density at radius 3 is 2.50 bits per heavy atom. The third-order valence-corrected chi connectivity index (χ3v) is 2.90. The highest BCUT2D eigenvalue weighted by Gasteiger charge is 2.30. The SMILES string of the molecule is OC(Cc1cccc(C(F)(F)F)c1)Cc1ccccn1. The first-order valence-electron chi connectivity index (χ1n) is 6.19. The summed E-state index contributed by atoms with van der Waals surface area (Å²) < 4.78 is 37.7. The van der Waals surface area contributed by atoms with E-state index < -0.39 is 17.8 Å². The van der Waals surface area contributed by atoms with Crippen LogP contribution in [-0.4, -0.2) is 16.2 Å². The van der Waals surface area contributed by atoms with E-state index in [1.54, 1.807) is 30.5 Å². The lowest BCUT2D eigenvalue weighted by molar-refractivity contribution is -0.137. The van der Waals surface area contributed by atoms with Crippen molar-refractivity contribution in [1.29, 1.82) is 0 Å². The molecule has 2 rings (SSSR count). The maximum atomic E-state index is 12.6. The predicted octanol–water partition coefficient (Wildman–Crippen LogP) is 3.25. The molecule has 0 fully saturated rings. The molecule has 0 amide bonds. The smallest absolute Gasteiger partial charge is 0.392 e. The summed E-state index contributed by atoms with van der Waals surface area (Å²) in [5.41, 5.74) is 0.482. The average molecular weight is 281 g/mol. The van der Waals surface area contributed by atoms with Gasteiger partial charge in [-0.05, 0) is 30.2 Å². The molecule has 2 nitrogen and oxygen atoms in total. The molecule has 0 aliphatic heterocycles. The molecule has 0 radical (unpaired) electrons.